The molecule has 0 saturated carbocycles. The van der Waals surface area contributed by atoms with Gasteiger partial charge in [0.05, 0.1) is 5.69 Å². The molecule has 0 fully saturated rings. The fourth-order valence-corrected chi connectivity index (χ4v) is 1.20. The number of hydrogen-bond acceptors (Lipinski definition) is 4. The fraction of sp³-hybridized carbons (Fsp3) is 0.286. The number of hydrogen-bond donors (Lipinski definition) is 0. The van der Waals surface area contributed by atoms with Crippen LogP contribution in [0.5, 0.6) is 0 Å². The van der Waals surface area contributed by atoms with Crippen LogP contribution in [0.3, 0.4) is 0 Å². The summed E-state index contributed by atoms with van der Waals surface area (Å²) in [6.45, 7) is 1.86. The van der Waals surface area contributed by atoms with Gasteiger partial charge in [-0.1, -0.05) is 0 Å². The van der Waals surface area contributed by atoms with Gasteiger partial charge in [-0.2, -0.15) is 5.26 Å². The number of nitrogens with zero attached hydrogens (tertiary/aromatic N) is 3. The predicted molar refractivity (Wildman–Crippen MR) is 43.3 cm³/mol. The van der Waals surface area contributed by atoms with E-state index in [1.165, 1.54) is 11.8 Å². The van der Waals surface area contributed by atoms with Crippen LogP contribution in [0.2, 0.25) is 0 Å². The summed E-state index contributed by atoms with van der Waals surface area (Å²) in [5, 5.41) is 9.28. The van der Waals surface area contributed by atoms with Crippen LogP contribution in [-0.2, 0) is 0 Å². The Morgan fingerprint density at radius 2 is 2.36 bits per heavy atom. The zero-order valence-electron chi connectivity index (χ0n) is 6.33. The van der Waals surface area contributed by atoms with Crippen LogP contribution in [0.4, 0.5) is 0 Å². The minimum absolute atomic E-state index is 0.406. The van der Waals surface area contributed by atoms with Gasteiger partial charge in [-0.25, -0.2) is 9.97 Å². The molecular formula is C7H7N3S. The predicted octanol–water partition coefficient (Wildman–Crippen LogP) is 1.38. The van der Waals surface area contributed by atoms with Crippen molar-refractivity contribution in [1.82, 2.24) is 9.97 Å². The fourth-order valence-electron chi connectivity index (χ4n) is 0.674. The van der Waals surface area contributed by atoms with Crippen LogP contribution in [0.25, 0.3) is 0 Å². The average Bonchev–Trinajstić information content (AvgIpc) is 2.04. The van der Waals surface area contributed by atoms with E-state index in [0.717, 1.165) is 5.69 Å². The minimum Gasteiger partial charge on any atom is -0.242 e. The largest absolute Gasteiger partial charge is 0.242 e. The first-order valence-corrected chi connectivity index (χ1v) is 4.28. The summed E-state index contributed by atoms with van der Waals surface area (Å²) in [4.78, 5) is 8.06. The van der Waals surface area contributed by atoms with Crippen molar-refractivity contribution in [2.75, 3.05) is 6.26 Å². The first kappa shape index (κ1) is 8.02. The molecule has 0 amide bonds. The van der Waals surface area contributed by atoms with Crippen molar-refractivity contribution in [2.24, 2.45) is 0 Å². The van der Waals surface area contributed by atoms with E-state index in [1.807, 2.05) is 19.2 Å². The highest BCUT2D eigenvalue weighted by Crippen LogP contribution is 2.14. The lowest BCUT2D eigenvalue weighted by atomic mass is 10.4. The molecule has 56 valence electrons. The van der Waals surface area contributed by atoms with Gasteiger partial charge in [-0.05, 0) is 13.2 Å². The van der Waals surface area contributed by atoms with Gasteiger partial charge in [0.1, 0.15) is 11.1 Å². The standard InChI is InChI=1S/C7H7N3S/c1-5-4-9-6(3-8)7(10-5)11-2/h4H,1-2H3. The van der Waals surface area contributed by atoms with E-state index in [9.17, 15) is 0 Å². The number of nitriles is 1. The van der Waals surface area contributed by atoms with Crippen LogP contribution in [-0.4, -0.2) is 16.2 Å². The molecule has 0 bridgehead atoms. The van der Waals surface area contributed by atoms with E-state index in [0.29, 0.717) is 10.7 Å². The van der Waals surface area contributed by atoms with Gasteiger partial charge < -0.3 is 0 Å². The Hall–Kier alpha value is -1.08. The molecule has 1 heterocycles. The molecule has 3 nitrogen and oxygen atoms in total. The van der Waals surface area contributed by atoms with E-state index in [-0.39, 0.29) is 0 Å². The SMILES string of the molecule is CSc1nc(C)cnc1C#N. The Morgan fingerprint density at radius 3 is 2.91 bits per heavy atom. The summed E-state index contributed by atoms with van der Waals surface area (Å²) >= 11 is 1.44. The lowest BCUT2D eigenvalue weighted by Gasteiger charge is -1.97. The molecule has 0 aliphatic rings. The quantitative estimate of drug-likeness (QED) is 0.590. The van der Waals surface area contributed by atoms with E-state index in [1.54, 1.807) is 6.20 Å². The Kier molecular flexibility index (Phi) is 2.44. The molecule has 11 heavy (non-hydrogen) atoms. The Labute approximate surface area is 69.5 Å². The second kappa shape index (κ2) is 3.35. The maximum absolute atomic E-state index is 8.57. The van der Waals surface area contributed by atoms with Crippen molar-refractivity contribution < 1.29 is 0 Å². The first-order chi connectivity index (χ1) is 5.27. The van der Waals surface area contributed by atoms with Crippen molar-refractivity contribution in [3.8, 4) is 6.07 Å². The zero-order valence-corrected chi connectivity index (χ0v) is 7.14. The van der Waals surface area contributed by atoms with Gasteiger partial charge in [0.2, 0.25) is 0 Å². The van der Waals surface area contributed by atoms with E-state index in [4.69, 9.17) is 5.26 Å². The minimum atomic E-state index is 0.406. The highest BCUT2D eigenvalue weighted by Gasteiger charge is 2.02. The van der Waals surface area contributed by atoms with Crippen LogP contribution in [0.15, 0.2) is 11.2 Å². The van der Waals surface area contributed by atoms with Gasteiger partial charge in [0, 0.05) is 6.20 Å². The van der Waals surface area contributed by atoms with E-state index >= 15 is 0 Å². The molecule has 0 unspecified atom stereocenters. The third kappa shape index (κ3) is 1.69. The Balaban J connectivity index is 3.19. The Morgan fingerprint density at radius 1 is 1.64 bits per heavy atom. The smallest absolute Gasteiger partial charge is 0.172 e. The van der Waals surface area contributed by atoms with Gasteiger partial charge in [0.15, 0.2) is 5.69 Å². The molecule has 0 spiro atoms. The highest BCUT2D eigenvalue weighted by molar-refractivity contribution is 7.98. The molecule has 0 atom stereocenters. The van der Waals surface area contributed by atoms with Crippen LogP contribution >= 0.6 is 11.8 Å². The second-order valence-corrected chi connectivity index (χ2v) is 2.78. The summed E-state index contributed by atoms with van der Waals surface area (Å²) in [5.41, 5.74) is 1.25. The summed E-state index contributed by atoms with van der Waals surface area (Å²) in [5.74, 6) is 0. The third-order valence-electron chi connectivity index (χ3n) is 1.16. The number of aryl methyl sites for hydroxylation is 1. The van der Waals surface area contributed by atoms with Crippen molar-refractivity contribution in [3.63, 3.8) is 0 Å². The third-order valence-corrected chi connectivity index (χ3v) is 1.83. The Bertz CT molecular complexity index is 303. The highest BCUT2D eigenvalue weighted by atomic mass is 32.2. The van der Waals surface area contributed by atoms with Gasteiger partial charge in [-0.15, -0.1) is 11.8 Å². The molecule has 0 radical (unpaired) electrons. The number of rotatable bonds is 1. The molecule has 1 aromatic heterocycles. The van der Waals surface area contributed by atoms with E-state index in [2.05, 4.69) is 9.97 Å². The topological polar surface area (TPSA) is 49.6 Å². The normalized spacial score (nSPS) is 9.18. The molecule has 4 heteroatoms. The maximum atomic E-state index is 8.57. The molecular weight excluding hydrogens is 158 g/mol. The zero-order chi connectivity index (χ0) is 8.27. The molecule has 1 aromatic rings. The number of thioether (sulfide) groups is 1. The lowest BCUT2D eigenvalue weighted by molar-refractivity contribution is 0.979. The van der Waals surface area contributed by atoms with Crippen molar-refractivity contribution >= 4 is 11.8 Å². The molecule has 0 aliphatic heterocycles. The van der Waals surface area contributed by atoms with E-state index < -0.39 is 0 Å². The average molecular weight is 165 g/mol. The summed E-state index contributed by atoms with van der Waals surface area (Å²) < 4.78 is 0. The first-order valence-electron chi connectivity index (χ1n) is 3.05. The van der Waals surface area contributed by atoms with Gasteiger partial charge in [-0.3, -0.25) is 0 Å². The summed E-state index contributed by atoms with van der Waals surface area (Å²) in [7, 11) is 0. The summed E-state index contributed by atoms with van der Waals surface area (Å²) in [6.07, 6.45) is 3.47. The molecule has 1 rings (SSSR count). The van der Waals surface area contributed by atoms with Gasteiger partial charge >= 0.3 is 0 Å². The van der Waals surface area contributed by atoms with Crippen molar-refractivity contribution in [3.05, 3.63) is 17.6 Å². The molecule has 0 N–H and O–H groups in total. The second-order valence-electron chi connectivity index (χ2n) is 1.98. The summed E-state index contributed by atoms with van der Waals surface area (Å²) in [6, 6.07) is 1.98. The molecule has 0 saturated heterocycles. The molecule has 0 aromatic carbocycles. The van der Waals surface area contributed by atoms with Crippen molar-refractivity contribution in [1.29, 1.82) is 5.26 Å². The van der Waals surface area contributed by atoms with Crippen LogP contribution in [0, 0.1) is 18.3 Å². The van der Waals surface area contributed by atoms with Crippen LogP contribution < -0.4 is 0 Å². The van der Waals surface area contributed by atoms with Crippen molar-refractivity contribution in [2.45, 2.75) is 11.9 Å². The van der Waals surface area contributed by atoms with Crippen LogP contribution in [0.1, 0.15) is 11.4 Å². The lowest BCUT2D eigenvalue weighted by Crippen LogP contribution is -1.92. The number of aromatic nitrogens is 2. The van der Waals surface area contributed by atoms with Gasteiger partial charge in [0.25, 0.3) is 0 Å². The molecule has 0 aliphatic carbocycles. The maximum Gasteiger partial charge on any atom is 0.172 e. The monoisotopic (exact) mass is 165 g/mol.